The lowest BCUT2D eigenvalue weighted by Gasteiger charge is -2.19. The highest BCUT2D eigenvalue weighted by Crippen LogP contribution is 2.27. The molecule has 1 heterocycles. The first-order chi connectivity index (χ1) is 8.31. The van der Waals surface area contributed by atoms with E-state index in [-0.39, 0.29) is 0 Å². The third kappa shape index (κ3) is 2.80. The van der Waals surface area contributed by atoms with Gasteiger partial charge in [-0.3, -0.25) is 0 Å². The van der Waals surface area contributed by atoms with Gasteiger partial charge in [-0.05, 0) is 19.1 Å². The van der Waals surface area contributed by atoms with Crippen LogP contribution < -0.4 is 4.90 Å². The standard InChI is InChI=1S/C12H12N4S/c1-10-14-15-12(17-10)16(9-5-8-13)11-6-3-2-4-7-11/h2-4,6-7H,5,9H2,1H3. The minimum atomic E-state index is 0.466. The number of para-hydroxylation sites is 1. The van der Waals surface area contributed by atoms with Gasteiger partial charge in [-0.1, -0.05) is 29.5 Å². The van der Waals surface area contributed by atoms with Crippen molar-refractivity contribution in [2.45, 2.75) is 13.3 Å². The number of rotatable bonds is 4. The first kappa shape index (κ1) is 11.6. The molecule has 0 fully saturated rings. The number of aromatic nitrogens is 2. The van der Waals surface area contributed by atoms with Gasteiger partial charge in [0.2, 0.25) is 5.13 Å². The van der Waals surface area contributed by atoms with E-state index in [1.165, 1.54) is 11.3 Å². The van der Waals surface area contributed by atoms with E-state index in [9.17, 15) is 0 Å². The summed E-state index contributed by atoms with van der Waals surface area (Å²) < 4.78 is 0. The number of nitrogens with zero attached hydrogens (tertiary/aromatic N) is 4. The van der Waals surface area contributed by atoms with Gasteiger partial charge in [0, 0.05) is 12.2 Å². The quantitative estimate of drug-likeness (QED) is 0.829. The number of anilines is 2. The fourth-order valence-electron chi connectivity index (χ4n) is 1.50. The Morgan fingerprint density at radius 2 is 2.06 bits per heavy atom. The van der Waals surface area contributed by atoms with E-state index in [4.69, 9.17) is 5.26 Å². The maximum Gasteiger partial charge on any atom is 0.212 e. The molecule has 0 amide bonds. The molecule has 0 spiro atoms. The van der Waals surface area contributed by atoms with Crippen LogP contribution in [0.25, 0.3) is 0 Å². The molecule has 2 rings (SSSR count). The van der Waals surface area contributed by atoms with Crippen LogP contribution in [-0.4, -0.2) is 16.7 Å². The van der Waals surface area contributed by atoms with Crippen molar-refractivity contribution in [2.75, 3.05) is 11.4 Å². The summed E-state index contributed by atoms with van der Waals surface area (Å²) in [7, 11) is 0. The molecule has 0 aliphatic carbocycles. The van der Waals surface area contributed by atoms with Crippen LogP contribution in [0.2, 0.25) is 0 Å². The maximum atomic E-state index is 8.70. The van der Waals surface area contributed by atoms with Crippen LogP contribution in [0.15, 0.2) is 30.3 Å². The molecule has 0 N–H and O–H groups in total. The molecule has 1 aromatic heterocycles. The van der Waals surface area contributed by atoms with E-state index in [2.05, 4.69) is 16.3 Å². The summed E-state index contributed by atoms with van der Waals surface area (Å²) in [4.78, 5) is 2.02. The fraction of sp³-hybridized carbons (Fsp3) is 0.250. The Labute approximate surface area is 104 Å². The monoisotopic (exact) mass is 244 g/mol. The van der Waals surface area contributed by atoms with E-state index >= 15 is 0 Å². The molecule has 0 saturated heterocycles. The van der Waals surface area contributed by atoms with Gasteiger partial charge >= 0.3 is 0 Å². The Kier molecular flexibility index (Phi) is 3.68. The van der Waals surface area contributed by atoms with Gasteiger partial charge in [-0.2, -0.15) is 5.26 Å². The van der Waals surface area contributed by atoms with Crippen LogP contribution >= 0.6 is 11.3 Å². The Hall–Kier alpha value is -1.93. The molecule has 2 aromatic rings. The molecular weight excluding hydrogens is 232 g/mol. The summed E-state index contributed by atoms with van der Waals surface area (Å²) in [6.07, 6.45) is 0.466. The molecular formula is C12H12N4S. The lowest BCUT2D eigenvalue weighted by atomic mass is 10.3. The van der Waals surface area contributed by atoms with Crippen LogP contribution in [0, 0.1) is 18.3 Å². The van der Waals surface area contributed by atoms with Gasteiger partial charge in [0.1, 0.15) is 5.01 Å². The normalized spacial score (nSPS) is 9.88. The van der Waals surface area contributed by atoms with Gasteiger partial charge in [-0.25, -0.2) is 0 Å². The first-order valence-electron chi connectivity index (χ1n) is 5.31. The highest BCUT2D eigenvalue weighted by molar-refractivity contribution is 7.15. The van der Waals surface area contributed by atoms with Crippen molar-refractivity contribution in [2.24, 2.45) is 0 Å². The van der Waals surface area contributed by atoms with Gasteiger partial charge in [0.15, 0.2) is 0 Å². The average Bonchev–Trinajstić information content (AvgIpc) is 2.78. The van der Waals surface area contributed by atoms with Crippen LogP contribution in [0.5, 0.6) is 0 Å². The van der Waals surface area contributed by atoms with Crippen LogP contribution in [0.3, 0.4) is 0 Å². The molecule has 0 bridgehead atoms. The summed E-state index contributed by atoms with van der Waals surface area (Å²) in [6.45, 7) is 2.56. The number of hydrogen-bond acceptors (Lipinski definition) is 5. The largest absolute Gasteiger partial charge is 0.315 e. The molecule has 5 heteroatoms. The predicted octanol–water partition coefficient (Wildman–Crippen LogP) is 2.90. The molecule has 0 radical (unpaired) electrons. The summed E-state index contributed by atoms with van der Waals surface area (Å²) in [5, 5.41) is 18.6. The third-order valence-corrected chi connectivity index (χ3v) is 3.12. The fourth-order valence-corrected chi connectivity index (χ4v) is 2.23. The van der Waals surface area contributed by atoms with Gasteiger partial charge < -0.3 is 4.90 Å². The van der Waals surface area contributed by atoms with Crippen molar-refractivity contribution in [3.05, 3.63) is 35.3 Å². The van der Waals surface area contributed by atoms with E-state index in [0.29, 0.717) is 13.0 Å². The van der Waals surface area contributed by atoms with Crippen molar-refractivity contribution in [1.82, 2.24) is 10.2 Å². The van der Waals surface area contributed by atoms with Crippen molar-refractivity contribution < 1.29 is 0 Å². The lowest BCUT2D eigenvalue weighted by Crippen LogP contribution is -2.17. The van der Waals surface area contributed by atoms with E-state index in [0.717, 1.165) is 15.8 Å². The van der Waals surface area contributed by atoms with Crippen molar-refractivity contribution in [1.29, 1.82) is 5.26 Å². The van der Waals surface area contributed by atoms with Crippen LogP contribution in [0.4, 0.5) is 10.8 Å². The van der Waals surface area contributed by atoms with Gasteiger partial charge in [-0.15, -0.1) is 10.2 Å². The van der Waals surface area contributed by atoms with Crippen LogP contribution in [-0.2, 0) is 0 Å². The first-order valence-corrected chi connectivity index (χ1v) is 6.12. The second kappa shape index (κ2) is 5.41. The predicted molar refractivity (Wildman–Crippen MR) is 68.3 cm³/mol. The SMILES string of the molecule is Cc1nnc(N(CCC#N)c2ccccc2)s1. The van der Waals surface area contributed by atoms with Crippen molar-refractivity contribution in [3.63, 3.8) is 0 Å². The minimum Gasteiger partial charge on any atom is -0.315 e. The Morgan fingerprint density at radius 1 is 1.29 bits per heavy atom. The molecule has 0 aliphatic rings. The second-order valence-corrected chi connectivity index (χ2v) is 4.66. The molecule has 0 saturated carbocycles. The van der Waals surface area contributed by atoms with E-state index in [1.807, 2.05) is 42.2 Å². The molecule has 0 atom stereocenters. The zero-order valence-corrected chi connectivity index (χ0v) is 10.3. The Bertz CT molecular complexity index is 515. The highest BCUT2D eigenvalue weighted by atomic mass is 32.1. The highest BCUT2D eigenvalue weighted by Gasteiger charge is 2.12. The summed E-state index contributed by atoms with van der Waals surface area (Å²) in [5.74, 6) is 0. The number of nitriles is 1. The minimum absolute atomic E-state index is 0.466. The molecule has 0 aliphatic heterocycles. The molecule has 4 nitrogen and oxygen atoms in total. The summed E-state index contributed by atoms with van der Waals surface area (Å²) >= 11 is 1.54. The van der Waals surface area contributed by atoms with Crippen molar-refractivity contribution in [3.8, 4) is 6.07 Å². The topological polar surface area (TPSA) is 52.8 Å². The van der Waals surface area contributed by atoms with Crippen molar-refractivity contribution >= 4 is 22.2 Å². The third-order valence-electron chi connectivity index (χ3n) is 2.26. The molecule has 1 aromatic carbocycles. The number of benzene rings is 1. The number of hydrogen-bond donors (Lipinski definition) is 0. The summed E-state index contributed by atoms with van der Waals surface area (Å²) in [6, 6.07) is 12.1. The lowest BCUT2D eigenvalue weighted by molar-refractivity contribution is 0.917. The van der Waals surface area contributed by atoms with E-state index < -0.39 is 0 Å². The Balaban J connectivity index is 2.29. The van der Waals surface area contributed by atoms with Gasteiger partial charge in [0.05, 0.1) is 12.5 Å². The smallest absolute Gasteiger partial charge is 0.212 e. The second-order valence-electron chi connectivity index (χ2n) is 3.50. The van der Waals surface area contributed by atoms with E-state index in [1.54, 1.807) is 0 Å². The maximum absolute atomic E-state index is 8.70. The Morgan fingerprint density at radius 3 is 2.65 bits per heavy atom. The zero-order valence-electron chi connectivity index (χ0n) is 9.50. The zero-order chi connectivity index (χ0) is 12.1. The summed E-state index contributed by atoms with van der Waals surface area (Å²) in [5.41, 5.74) is 1.04. The average molecular weight is 244 g/mol. The van der Waals surface area contributed by atoms with Crippen LogP contribution in [0.1, 0.15) is 11.4 Å². The number of aryl methyl sites for hydroxylation is 1. The van der Waals surface area contributed by atoms with Gasteiger partial charge in [0.25, 0.3) is 0 Å². The molecule has 0 unspecified atom stereocenters. The molecule has 17 heavy (non-hydrogen) atoms. The molecule has 86 valence electrons.